The number of aryl methyl sites for hydroxylation is 3. The molecule has 3 heterocycles. The van der Waals surface area contributed by atoms with Crippen LogP contribution in [0.1, 0.15) is 34.3 Å². The number of carbonyl (C=O) groups excluding carboxylic acids is 1. The van der Waals surface area contributed by atoms with Crippen molar-refractivity contribution in [3.05, 3.63) is 41.2 Å². The lowest BCUT2D eigenvalue weighted by Gasteiger charge is -2.24. The molecule has 1 aliphatic rings. The maximum absolute atomic E-state index is 12.2. The largest absolute Gasteiger partial charge is 0.346 e. The fourth-order valence-electron chi connectivity index (χ4n) is 2.51. The maximum Gasteiger partial charge on any atom is 0.270 e. The van der Waals surface area contributed by atoms with Crippen molar-refractivity contribution in [1.82, 2.24) is 25.1 Å². The predicted molar refractivity (Wildman–Crippen MR) is 73.3 cm³/mol. The molecule has 0 unspecified atom stereocenters. The topological polar surface area (TPSA) is 72.7 Å². The van der Waals surface area contributed by atoms with Crippen molar-refractivity contribution in [2.24, 2.45) is 0 Å². The molecule has 1 aliphatic heterocycles. The molecular formula is C14H17N5O. The summed E-state index contributed by atoms with van der Waals surface area (Å²) in [6, 6.07) is 5.57. The summed E-state index contributed by atoms with van der Waals surface area (Å²) < 4.78 is 2.07. The zero-order valence-electron chi connectivity index (χ0n) is 11.6. The Morgan fingerprint density at radius 3 is 3.00 bits per heavy atom. The first kappa shape index (κ1) is 12.8. The van der Waals surface area contributed by atoms with Gasteiger partial charge in [-0.3, -0.25) is 4.79 Å². The molecule has 1 N–H and O–H groups in total. The van der Waals surface area contributed by atoms with Gasteiger partial charge in [0.2, 0.25) is 0 Å². The Balaban J connectivity index is 1.70. The van der Waals surface area contributed by atoms with Crippen LogP contribution in [0.15, 0.2) is 18.2 Å². The highest BCUT2D eigenvalue weighted by Crippen LogP contribution is 2.15. The Morgan fingerprint density at radius 2 is 2.20 bits per heavy atom. The SMILES string of the molecule is Cc1cccc(C(=O)N[C@@H]2CCc3nnc(C)n3C2)n1. The predicted octanol–water partition coefficient (Wildman–Crippen LogP) is 1.03. The molecule has 0 saturated heterocycles. The quantitative estimate of drug-likeness (QED) is 0.885. The molecule has 0 bridgehead atoms. The summed E-state index contributed by atoms with van der Waals surface area (Å²) in [4.78, 5) is 16.4. The van der Waals surface area contributed by atoms with E-state index >= 15 is 0 Å². The van der Waals surface area contributed by atoms with Gasteiger partial charge in [0.25, 0.3) is 5.91 Å². The van der Waals surface area contributed by atoms with Crippen LogP contribution in [0, 0.1) is 13.8 Å². The minimum Gasteiger partial charge on any atom is -0.346 e. The first-order chi connectivity index (χ1) is 9.63. The van der Waals surface area contributed by atoms with Gasteiger partial charge < -0.3 is 9.88 Å². The number of carbonyl (C=O) groups is 1. The van der Waals surface area contributed by atoms with Crippen molar-refractivity contribution in [2.75, 3.05) is 0 Å². The van der Waals surface area contributed by atoms with Gasteiger partial charge in [-0.05, 0) is 32.4 Å². The lowest BCUT2D eigenvalue weighted by molar-refractivity contribution is 0.0922. The van der Waals surface area contributed by atoms with Crippen LogP contribution in [0.25, 0.3) is 0 Å². The van der Waals surface area contributed by atoms with E-state index in [-0.39, 0.29) is 11.9 Å². The Morgan fingerprint density at radius 1 is 1.35 bits per heavy atom. The van der Waals surface area contributed by atoms with Gasteiger partial charge in [-0.1, -0.05) is 6.07 Å². The minimum absolute atomic E-state index is 0.104. The van der Waals surface area contributed by atoms with E-state index in [0.29, 0.717) is 5.69 Å². The van der Waals surface area contributed by atoms with Crippen LogP contribution in [0.3, 0.4) is 0 Å². The summed E-state index contributed by atoms with van der Waals surface area (Å²) in [6.45, 7) is 4.54. The molecule has 1 atom stereocenters. The van der Waals surface area contributed by atoms with Crippen molar-refractivity contribution in [1.29, 1.82) is 0 Å². The first-order valence-electron chi connectivity index (χ1n) is 6.76. The van der Waals surface area contributed by atoms with Crippen molar-refractivity contribution in [2.45, 2.75) is 39.3 Å². The number of rotatable bonds is 2. The highest BCUT2D eigenvalue weighted by molar-refractivity contribution is 5.92. The van der Waals surface area contributed by atoms with Gasteiger partial charge in [0, 0.05) is 24.7 Å². The number of amides is 1. The molecule has 2 aromatic rings. The van der Waals surface area contributed by atoms with E-state index in [4.69, 9.17) is 0 Å². The van der Waals surface area contributed by atoms with E-state index in [0.717, 1.165) is 36.7 Å². The normalized spacial score (nSPS) is 17.6. The molecule has 0 aliphatic carbocycles. The number of pyridine rings is 1. The molecule has 0 saturated carbocycles. The molecule has 104 valence electrons. The molecule has 6 heteroatoms. The molecular weight excluding hydrogens is 254 g/mol. The van der Waals surface area contributed by atoms with Gasteiger partial charge in [0.05, 0.1) is 0 Å². The lowest BCUT2D eigenvalue weighted by Crippen LogP contribution is -2.41. The van der Waals surface area contributed by atoms with Crippen molar-refractivity contribution in [3.8, 4) is 0 Å². The molecule has 3 rings (SSSR count). The average Bonchev–Trinajstić information content (AvgIpc) is 2.80. The second-order valence-corrected chi connectivity index (χ2v) is 5.15. The Kier molecular flexibility index (Phi) is 3.22. The van der Waals surface area contributed by atoms with Crippen molar-refractivity contribution < 1.29 is 4.79 Å². The summed E-state index contributed by atoms with van der Waals surface area (Å²) >= 11 is 0. The van der Waals surface area contributed by atoms with Crippen LogP contribution in [0.4, 0.5) is 0 Å². The van der Waals surface area contributed by atoms with Gasteiger partial charge in [0.1, 0.15) is 17.3 Å². The van der Waals surface area contributed by atoms with E-state index < -0.39 is 0 Å². The van der Waals surface area contributed by atoms with Crippen LogP contribution in [-0.4, -0.2) is 31.7 Å². The third-order valence-corrected chi connectivity index (χ3v) is 3.59. The Bertz CT molecular complexity index is 649. The molecule has 0 fully saturated rings. The smallest absolute Gasteiger partial charge is 0.270 e. The zero-order valence-corrected chi connectivity index (χ0v) is 11.6. The number of aromatic nitrogens is 4. The van der Waals surface area contributed by atoms with Gasteiger partial charge in [-0.15, -0.1) is 10.2 Å². The summed E-state index contributed by atoms with van der Waals surface area (Å²) in [6.07, 6.45) is 1.72. The molecule has 1 amide bonds. The first-order valence-corrected chi connectivity index (χ1v) is 6.76. The summed E-state index contributed by atoms with van der Waals surface area (Å²) in [5, 5.41) is 11.2. The van der Waals surface area contributed by atoms with Gasteiger partial charge >= 0.3 is 0 Å². The highest BCUT2D eigenvalue weighted by atomic mass is 16.1. The van der Waals surface area contributed by atoms with E-state index in [2.05, 4.69) is 25.1 Å². The van der Waals surface area contributed by atoms with Gasteiger partial charge in [-0.25, -0.2) is 4.98 Å². The zero-order chi connectivity index (χ0) is 14.1. The van der Waals surface area contributed by atoms with Crippen molar-refractivity contribution >= 4 is 5.91 Å². The summed E-state index contributed by atoms with van der Waals surface area (Å²) in [5.41, 5.74) is 1.31. The van der Waals surface area contributed by atoms with E-state index in [1.807, 2.05) is 26.0 Å². The third-order valence-electron chi connectivity index (χ3n) is 3.59. The summed E-state index contributed by atoms with van der Waals surface area (Å²) in [7, 11) is 0. The highest BCUT2D eigenvalue weighted by Gasteiger charge is 2.23. The molecule has 20 heavy (non-hydrogen) atoms. The van der Waals surface area contributed by atoms with E-state index in [1.165, 1.54) is 0 Å². The second-order valence-electron chi connectivity index (χ2n) is 5.15. The second kappa shape index (κ2) is 5.03. The Labute approximate surface area is 117 Å². The lowest BCUT2D eigenvalue weighted by atomic mass is 10.1. The molecule has 6 nitrogen and oxygen atoms in total. The fourth-order valence-corrected chi connectivity index (χ4v) is 2.51. The summed E-state index contributed by atoms with van der Waals surface area (Å²) in [5.74, 6) is 1.78. The van der Waals surface area contributed by atoms with Crippen LogP contribution < -0.4 is 5.32 Å². The average molecular weight is 271 g/mol. The van der Waals surface area contributed by atoms with Gasteiger partial charge in [0.15, 0.2) is 0 Å². The van der Waals surface area contributed by atoms with Crippen LogP contribution >= 0.6 is 0 Å². The number of hydrogen-bond donors (Lipinski definition) is 1. The minimum atomic E-state index is -0.118. The molecule has 0 spiro atoms. The van der Waals surface area contributed by atoms with E-state index in [9.17, 15) is 4.79 Å². The number of nitrogens with zero attached hydrogens (tertiary/aromatic N) is 4. The number of fused-ring (bicyclic) bond motifs is 1. The number of nitrogens with one attached hydrogen (secondary N) is 1. The van der Waals surface area contributed by atoms with Crippen LogP contribution in [0.5, 0.6) is 0 Å². The van der Waals surface area contributed by atoms with Gasteiger partial charge in [-0.2, -0.15) is 0 Å². The molecule has 2 aromatic heterocycles. The van der Waals surface area contributed by atoms with Crippen LogP contribution in [0.2, 0.25) is 0 Å². The Hall–Kier alpha value is -2.24. The fraction of sp³-hybridized carbons (Fsp3) is 0.429. The van der Waals surface area contributed by atoms with E-state index in [1.54, 1.807) is 6.07 Å². The third kappa shape index (κ3) is 2.41. The molecule has 0 aromatic carbocycles. The van der Waals surface area contributed by atoms with Crippen molar-refractivity contribution in [3.63, 3.8) is 0 Å². The molecule has 0 radical (unpaired) electrons. The monoisotopic (exact) mass is 271 g/mol. The van der Waals surface area contributed by atoms with Crippen LogP contribution in [-0.2, 0) is 13.0 Å². The standard InChI is InChI=1S/C14H17N5O/c1-9-4-3-5-12(15-9)14(20)16-11-6-7-13-18-17-10(2)19(13)8-11/h3-5,11H,6-8H2,1-2H3,(H,16,20)/t11-/m1/s1. The maximum atomic E-state index is 12.2. The number of hydrogen-bond acceptors (Lipinski definition) is 4.